The van der Waals surface area contributed by atoms with Crippen LogP contribution in [0.4, 0.5) is 4.79 Å². The number of carbonyl (C=O) groups is 1. The van der Waals surface area contributed by atoms with Crippen LogP contribution in [-0.2, 0) is 17.8 Å². The Morgan fingerprint density at radius 2 is 1.31 bits per heavy atom. The third kappa shape index (κ3) is 7.37. The predicted molar refractivity (Wildman–Crippen MR) is 131 cm³/mol. The van der Waals surface area contributed by atoms with E-state index in [0.717, 1.165) is 38.8 Å². The van der Waals surface area contributed by atoms with Gasteiger partial charge < -0.3 is 10.1 Å². The summed E-state index contributed by atoms with van der Waals surface area (Å²) in [5, 5.41) is 3.13. The van der Waals surface area contributed by atoms with E-state index in [-0.39, 0.29) is 11.6 Å². The van der Waals surface area contributed by atoms with E-state index in [2.05, 4.69) is 84.7 Å². The van der Waals surface area contributed by atoms with Crippen LogP contribution in [0.3, 0.4) is 0 Å². The highest BCUT2D eigenvalue weighted by Gasteiger charge is 2.36. The molecule has 0 unspecified atom stereocenters. The van der Waals surface area contributed by atoms with Crippen LogP contribution >= 0.6 is 0 Å². The highest BCUT2D eigenvalue weighted by Crippen LogP contribution is 2.35. The van der Waals surface area contributed by atoms with E-state index in [0.29, 0.717) is 12.0 Å². The van der Waals surface area contributed by atoms with Gasteiger partial charge in [0.05, 0.1) is 0 Å². The predicted octanol–water partition coefficient (Wildman–Crippen LogP) is 6.55. The maximum Gasteiger partial charge on any atom is 0.408 e. The normalized spacial score (nSPS) is 19.6. The second-order valence-corrected chi connectivity index (χ2v) is 10.7. The molecule has 0 spiro atoms. The summed E-state index contributed by atoms with van der Waals surface area (Å²) in [7, 11) is 0. The first-order chi connectivity index (χ1) is 15.1. The van der Waals surface area contributed by atoms with Gasteiger partial charge in [0.15, 0.2) is 0 Å². The molecule has 1 amide bonds. The first kappa shape index (κ1) is 24.3. The van der Waals surface area contributed by atoms with E-state index in [9.17, 15) is 4.79 Å². The monoisotopic (exact) mass is 436 g/mol. The second kappa shape index (κ2) is 10.5. The lowest BCUT2D eigenvalue weighted by Crippen LogP contribution is -2.52. The summed E-state index contributed by atoms with van der Waals surface area (Å²) in [6.45, 7) is 11.9. The zero-order valence-corrected chi connectivity index (χ0v) is 20.4. The average molecular weight is 437 g/mol. The van der Waals surface area contributed by atoms with Gasteiger partial charge >= 0.3 is 6.09 Å². The molecule has 4 nitrogen and oxygen atoms in total. The average Bonchev–Trinajstić information content (AvgIpc) is 2.73. The third-order valence-corrected chi connectivity index (χ3v) is 6.51. The first-order valence-corrected chi connectivity index (χ1v) is 12.0. The van der Waals surface area contributed by atoms with Crippen LogP contribution in [0.15, 0.2) is 60.7 Å². The van der Waals surface area contributed by atoms with Crippen molar-refractivity contribution in [2.24, 2.45) is 5.92 Å². The van der Waals surface area contributed by atoms with Crippen LogP contribution in [0.25, 0.3) is 0 Å². The minimum atomic E-state index is -0.479. The van der Waals surface area contributed by atoms with Gasteiger partial charge in [-0.15, -0.1) is 0 Å². The van der Waals surface area contributed by atoms with Crippen LogP contribution in [0.2, 0.25) is 0 Å². The molecule has 0 saturated heterocycles. The molecular formula is C28H40N2O2. The Morgan fingerprint density at radius 3 is 1.75 bits per heavy atom. The molecule has 1 aliphatic carbocycles. The molecule has 174 valence electrons. The molecular weight excluding hydrogens is 396 g/mol. The van der Waals surface area contributed by atoms with Gasteiger partial charge in [-0.05, 0) is 77.3 Å². The van der Waals surface area contributed by atoms with Gasteiger partial charge in [0, 0.05) is 24.7 Å². The van der Waals surface area contributed by atoms with Crippen molar-refractivity contribution in [1.29, 1.82) is 0 Å². The zero-order chi connectivity index (χ0) is 23.2. The van der Waals surface area contributed by atoms with Crippen molar-refractivity contribution in [3.8, 4) is 0 Å². The lowest BCUT2D eigenvalue weighted by Gasteiger charge is -2.43. The van der Waals surface area contributed by atoms with Crippen molar-refractivity contribution in [3.05, 3.63) is 71.8 Å². The Bertz CT molecular complexity index is 793. The molecule has 0 heterocycles. The fraction of sp³-hybridized carbons (Fsp3) is 0.536. The van der Waals surface area contributed by atoms with Crippen LogP contribution in [0, 0.1) is 5.92 Å². The van der Waals surface area contributed by atoms with Crippen molar-refractivity contribution < 1.29 is 9.53 Å². The smallest absolute Gasteiger partial charge is 0.408 e. The molecule has 1 N–H and O–H groups in total. The van der Waals surface area contributed by atoms with Crippen LogP contribution in [0.1, 0.15) is 71.4 Å². The van der Waals surface area contributed by atoms with E-state index < -0.39 is 5.60 Å². The first-order valence-electron chi connectivity index (χ1n) is 12.0. The number of benzene rings is 2. The molecule has 1 fully saturated rings. The number of hydrogen-bond acceptors (Lipinski definition) is 3. The van der Waals surface area contributed by atoms with Crippen molar-refractivity contribution in [2.75, 3.05) is 0 Å². The van der Waals surface area contributed by atoms with Gasteiger partial charge in [-0.1, -0.05) is 60.7 Å². The second-order valence-electron chi connectivity index (χ2n) is 10.7. The van der Waals surface area contributed by atoms with Crippen LogP contribution < -0.4 is 5.32 Å². The molecule has 1 saturated carbocycles. The molecule has 3 rings (SSSR count). The molecule has 0 aromatic heterocycles. The third-order valence-electron chi connectivity index (χ3n) is 6.51. The molecule has 0 radical (unpaired) electrons. The number of hydrogen-bond donors (Lipinski definition) is 1. The fourth-order valence-electron chi connectivity index (χ4n) is 4.78. The minimum absolute atomic E-state index is 0.281. The molecule has 0 bridgehead atoms. The fourth-order valence-corrected chi connectivity index (χ4v) is 4.78. The number of alkyl carbamates (subject to hydrolysis) is 1. The quantitative estimate of drug-likeness (QED) is 0.535. The number of rotatable bonds is 7. The van der Waals surface area contributed by atoms with E-state index >= 15 is 0 Å². The van der Waals surface area contributed by atoms with E-state index in [1.165, 1.54) is 11.1 Å². The Labute approximate surface area is 194 Å². The highest BCUT2D eigenvalue weighted by atomic mass is 16.6. The molecule has 2 aromatic carbocycles. The van der Waals surface area contributed by atoms with Gasteiger partial charge in [0.1, 0.15) is 5.60 Å². The Hall–Kier alpha value is -2.33. The van der Waals surface area contributed by atoms with Crippen LogP contribution in [0.5, 0.6) is 0 Å². The molecule has 0 aliphatic heterocycles. The van der Waals surface area contributed by atoms with Gasteiger partial charge in [-0.25, -0.2) is 4.79 Å². The van der Waals surface area contributed by atoms with Crippen molar-refractivity contribution in [2.45, 2.75) is 90.6 Å². The van der Waals surface area contributed by atoms with E-state index in [1.807, 2.05) is 20.8 Å². The van der Waals surface area contributed by atoms with E-state index in [1.54, 1.807) is 0 Å². The summed E-state index contributed by atoms with van der Waals surface area (Å²) < 4.78 is 5.50. The number of amides is 1. The lowest BCUT2D eigenvalue weighted by atomic mass is 9.75. The van der Waals surface area contributed by atoms with Crippen molar-refractivity contribution in [3.63, 3.8) is 0 Å². The number of nitrogens with one attached hydrogen (secondary N) is 1. The summed E-state index contributed by atoms with van der Waals surface area (Å²) >= 11 is 0. The van der Waals surface area contributed by atoms with E-state index in [4.69, 9.17) is 4.74 Å². The Kier molecular flexibility index (Phi) is 8.00. The largest absolute Gasteiger partial charge is 0.444 e. The van der Waals surface area contributed by atoms with Gasteiger partial charge in [0.2, 0.25) is 0 Å². The van der Waals surface area contributed by atoms with Crippen molar-refractivity contribution >= 4 is 6.09 Å². The maximum absolute atomic E-state index is 12.4. The number of nitrogens with zero attached hydrogens (tertiary/aromatic N) is 1. The molecule has 4 heteroatoms. The van der Waals surface area contributed by atoms with Gasteiger partial charge in [0.25, 0.3) is 0 Å². The Balaban J connectivity index is 1.63. The topological polar surface area (TPSA) is 41.6 Å². The lowest BCUT2D eigenvalue weighted by molar-refractivity contribution is 0.0382. The van der Waals surface area contributed by atoms with Crippen LogP contribution in [-0.4, -0.2) is 28.2 Å². The van der Waals surface area contributed by atoms with Crippen molar-refractivity contribution in [1.82, 2.24) is 10.2 Å². The SMILES string of the molecule is CC(C)(C)OC(=O)NC(C)(C)C1CCC(N(Cc2ccccc2)Cc2ccccc2)CC1. The van der Waals surface area contributed by atoms with Gasteiger partial charge in [-0.2, -0.15) is 0 Å². The summed E-state index contributed by atoms with van der Waals surface area (Å²) in [5.41, 5.74) is 1.96. The standard InChI is InChI=1S/C28H40N2O2/c1-27(2,3)32-26(31)29-28(4,5)24-16-18-25(19-17-24)30(20-22-12-8-6-9-13-22)21-23-14-10-7-11-15-23/h6-15,24-25H,16-21H2,1-5H3,(H,29,31). The summed E-state index contributed by atoms with van der Waals surface area (Å²) in [6.07, 6.45) is 4.17. The molecule has 2 aromatic rings. The molecule has 32 heavy (non-hydrogen) atoms. The maximum atomic E-state index is 12.4. The minimum Gasteiger partial charge on any atom is -0.444 e. The Morgan fingerprint density at radius 1 is 0.844 bits per heavy atom. The number of carbonyl (C=O) groups excluding carboxylic acids is 1. The molecule has 1 aliphatic rings. The summed E-state index contributed by atoms with van der Waals surface area (Å²) in [5.74, 6) is 0.446. The zero-order valence-electron chi connectivity index (χ0n) is 20.4. The summed E-state index contributed by atoms with van der Waals surface area (Å²) in [4.78, 5) is 15.0. The number of ether oxygens (including phenoxy) is 1. The molecule has 0 atom stereocenters. The van der Waals surface area contributed by atoms with Gasteiger partial charge in [-0.3, -0.25) is 4.90 Å². The highest BCUT2D eigenvalue weighted by molar-refractivity contribution is 5.68. The summed E-state index contributed by atoms with van der Waals surface area (Å²) in [6, 6.07) is 22.1.